The van der Waals surface area contributed by atoms with E-state index in [-0.39, 0.29) is 6.10 Å². The molecule has 2 rings (SSSR count). The van der Waals surface area contributed by atoms with Gasteiger partial charge in [-0.25, -0.2) is 0 Å². The van der Waals surface area contributed by atoms with Gasteiger partial charge in [0.1, 0.15) is 0 Å². The molecule has 0 aliphatic heterocycles. The van der Waals surface area contributed by atoms with Crippen molar-refractivity contribution in [2.24, 2.45) is 17.6 Å². The van der Waals surface area contributed by atoms with Crippen LogP contribution in [-0.4, -0.2) is 41.8 Å². The van der Waals surface area contributed by atoms with Crippen molar-refractivity contribution in [3.05, 3.63) is 0 Å². The Kier molecular flexibility index (Phi) is 5.05. The quantitative estimate of drug-likeness (QED) is 0.810. The van der Waals surface area contributed by atoms with Crippen LogP contribution in [0.4, 0.5) is 0 Å². The Hall–Kier alpha value is -0.120. The van der Waals surface area contributed by atoms with Crippen molar-refractivity contribution in [3.63, 3.8) is 0 Å². The topological polar surface area (TPSA) is 49.5 Å². The number of rotatable bonds is 3. The predicted octanol–water partition coefficient (Wildman–Crippen LogP) is 1.99. The van der Waals surface area contributed by atoms with E-state index >= 15 is 0 Å². The van der Waals surface area contributed by atoms with Gasteiger partial charge in [-0.1, -0.05) is 26.2 Å². The first kappa shape index (κ1) is 14.3. The summed E-state index contributed by atoms with van der Waals surface area (Å²) in [6.45, 7) is 3.15. The highest BCUT2D eigenvalue weighted by Gasteiger charge is 2.36. The second-order valence-electron chi connectivity index (χ2n) is 6.57. The molecule has 0 aromatic rings. The minimum absolute atomic E-state index is 0.126. The molecule has 3 heteroatoms. The van der Waals surface area contributed by atoms with Crippen molar-refractivity contribution in [1.82, 2.24) is 4.90 Å². The fourth-order valence-electron chi connectivity index (χ4n) is 4.00. The number of nitrogens with zero attached hydrogens (tertiary/aromatic N) is 1. The number of hydrogen-bond acceptors (Lipinski definition) is 3. The number of hydrogen-bond donors (Lipinski definition) is 2. The van der Waals surface area contributed by atoms with E-state index in [4.69, 9.17) is 5.73 Å². The van der Waals surface area contributed by atoms with Crippen molar-refractivity contribution in [2.45, 2.75) is 70.1 Å². The number of likely N-dealkylation sites (N-methyl/N-ethyl adjacent to an activating group) is 1. The van der Waals surface area contributed by atoms with E-state index in [1.165, 1.54) is 32.1 Å². The second kappa shape index (κ2) is 6.36. The first-order chi connectivity index (χ1) is 8.63. The summed E-state index contributed by atoms with van der Waals surface area (Å²) >= 11 is 0. The standard InChI is InChI=1S/C15H30N2O/c1-11-7-8-12(10-16)14(9-11)17(2)13-5-3-4-6-15(13)18/h11-15,18H,3-10,16H2,1-2H3. The molecule has 2 aliphatic carbocycles. The molecule has 106 valence electrons. The molecular formula is C15H30N2O. The van der Waals surface area contributed by atoms with Crippen LogP contribution in [0.1, 0.15) is 51.9 Å². The molecule has 0 saturated heterocycles. The van der Waals surface area contributed by atoms with Crippen molar-refractivity contribution in [3.8, 4) is 0 Å². The lowest BCUT2D eigenvalue weighted by atomic mass is 9.77. The summed E-state index contributed by atoms with van der Waals surface area (Å²) in [7, 11) is 2.21. The molecule has 0 amide bonds. The van der Waals surface area contributed by atoms with Gasteiger partial charge in [0, 0.05) is 12.1 Å². The van der Waals surface area contributed by atoms with E-state index in [9.17, 15) is 5.11 Å². The predicted molar refractivity (Wildman–Crippen MR) is 75.4 cm³/mol. The zero-order chi connectivity index (χ0) is 13.1. The third kappa shape index (κ3) is 3.06. The number of aliphatic hydroxyl groups excluding tert-OH is 1. The number of aliphatic hydroxyl groups is 1. The van der Waals surface area contributed by atoms with Crippen LogP contribution >= 0.6 is 0 Å². The maximum absolute atomic E-state index is 10.2. The molecule has 5 unspecified atom stereocenters. The Balaban J connectivity index is 2.02. The Bertz CT molecular complexity index is 259. The van der Waals surface area contributed by atoms with Gasteiger partial charge in [0.25, 0.3) is 0 Å². The maximum atomic E-state index is 10.2. The molecule has 0 heterocycles. The van der Waals surface area contributed by atoms with Crippen LogP contribution in [0, 0.1) is 11.8 Å². The highest BCUT2D eigenvalue weighted by Crippen LogP contribution is 2.34. The lowest BCUT2D eigenvalue weighted by molar-refractivity contribution is -0.0146. The molecule has 3 N–H and O–H groups in total. The molecule has 0 spiro atoms. The van der Waals surface area contributed by atoms with Crippen molar-refractivity contribution in [1.29, 1.82) is 0 Å². The van der Waals surface area contributed by atoms with Gasteiger partial charge >= 0.3 is 0 Å². The van der Waals surface area contributed by atoms with Crippen LogP contribution < -0.4 is 5.73 Å². The van der Waals surface area contributed by atoms with E-state index in [2.05, 4.69) is 18.9 Å². The summed E-state index contributed by atoms with van der Waals surface area (Å²) in [5, 5.41) is 10.2. The van der Waals surface area contributed by atoms with Crippen LogP contribution in [0.25, 0.3) is 0 Å². The largest absolute Gasteiger partial charge is 0.391 e. The van der Waals surface area contributed by atoms with Gasteiger partial charge in [0.05, 0.1) is 6.10 Å². The fourth-order valence-corrected chi connectivity index (χ4v) is 4.00. The van der Waals surface area contributed by atoms with E-state index in [0.717, 1.165) is 25.3 Å². The molecule has 0 aromatic carbocycles. The van der Waals surface area contributed by atoms with E-state index in [1.807, 2.05) is 0 Å². The lowest BCUT2D eigenvalue weighted by Crippen LogP contribution is -2.53. The monoisotopic (exact) mass is 254 g/mol. The zero-order valence-corrected chi connectivity index (χ0v) is 12.0. The van der Waals surface area contributed by atoms with Crippen LogP contribution in [0.5, 0.6) is 0 Å². The fraction of sp³-hybridized carbons (Fsp3) is 1.00. The first-order valence-electron chi connectivity index (χ1n) is 7.73. The molecule has 0 aromatic heterocycles. The van der Waals surface area contributed by atoms with Gasteiger partial charge in [0.2, 0.25) is 0 Å². The Morgan fingerprint density at radius 3 is 2.50 bits per heavy atom. The molecule has 3 nitrogen and oxygen atoms in total. The summed E-state index contributed by atoms with van der Waals surface area (Å²) in [4.78, 5) is 2.47. The first-order valence-corrected chi connectivity index (χ1v) is 7.73. The van der Waals surface area contributed by atoms with E-state index in [0.29, 0.717) is 18.0 Å². The minimum atomic E-state index is -0.126. The molecule has 18 heavy (non-hydrogen) atoms. The van der Waals surface area contributed by atoms with Crippen LogP contribution in [0.2, 0.25) is 0 Å². The Morgan fingerprint density at radius 1 is 1.11 bits per heavy atom. The third-order valence-electron chi connectivity index (χ3n) is 5.26. The van der Waals surface area contributed by atoms with Gasteiger partial charge in [-0.15, -0.1) is 0 Å². The summed E-state index contributed by atoms with van der Waals surface area (Å²) in [6.07, 6.45) is 8.29. The molecule has 0 radical (unpaired) electrons. The summed E-state index contributed by atoms with van der Waals surface area (Å²) in [5.41, 5.74) is 5.95. The maximum Gasteiger partial charge on any atom is 0.0695 e. The molecule has 0 bridgehead atoms. The smallest absolute Gasteiger partial charge is 0.0695 e. The van der Waals surface area contributed by atoms with Gasteiger partial charge in [0.15, 0.2) is 0 Å². The molecule has 5 atom stereocenters. The van der Waals surface area contributed by atoms with Crippen LogP contribution in [-0.2, 0) is 0 Å². The normalized spacial score (nSPS) is 42.2. The van der Waals surface area contributed by atoms with Crippen LogP contribution in [0.3, 0.4) is 0 Å². The van der Waals surface area contributed by atoms with Gasteiger partial charge in [-0.05, 0) is 51.1 Å². The van der Waals surface area contributed by atoms with E-state index < -0.39 is 0 Å². The third-order valence-corrected chi connectivity index (χ3v) is 5.26. The highest BCUT2D eigenvalue weighted by atomic mass is 16.3. The molecule has 2 saturated carbocycles. The van der Waals surface area contributed by atoms with E-state index in [1.54, 1.807) is 0 Å². The van der Waals surface area contributed by atoms with Crippen molar-refractivity contribution < 1.29 is 5.11 Å². The van der Waals surface area contributed by atoms with Gasteiger partial charge in [-0.3, -0.25) is 4.90 Å². The number of nitrogens with two attached hydrogens (primary N) is 1. The lowest BCUT2D eigenvalue weighted by Gasteiger charge is -2.46. The SMILES string of the molecule is CC1CCC(CN)C(N(C)C2CCCCC2O)C1. The average molecular weight is 254 g/mol. The average Bonchev–Trinajstić information content (AvgIpc) is 2.38. The van der Waals surface area contributed by atoms with Gasteiger partial charge < -0.3 is 10.8 Å². The Labute approximate surface area is 112 Å². The molecule has 2 fully saturated rings. The van der Waals surface area contributed by atoms with Crippen LogP contribution in [0.15, 0.2) is 0 Å². The minimum Gasteiger partial charge on any atom is -0.391 e. The summed E-state index contributed by atoms with van der Waals surface area (Å²) in [6, 6.07) is 0.944. The van der Waals surface area contributed by atoms with Crippen molar-refractivity contribution in [2.75, 3.05) is 13.6 Å². The van der Waals surface area contributed by atoms with Gasteiger partial charge in [-0.2, -0.15) is 0 Å². The summed E-state index contributed by atoms with van der Waals surface area (Å²) < 4.78 is 0. The highest BCUT2D eigenvalue weighted by molar-refractivity contribution is 4.91. The summed E-state index contributed by atoms with van der Waals surface area (Å²) in [5.74, 6) is 1.43. The van der Waals surface area contributed by atoms with Crippen molar-refractivity contribution >= 4 is 0 Å². The molecule has 2 aliphatic rings. The zero-order valence-electron chi connectivity index (χ0n) is 12.0. The second-order valence-corrected chi connectivity index (χ2v) is 6.57. The Morgan fingerprint density at radius 2 is 1.83 bits per heavy atom. The molecular weight excluding hydrogens is 224 g/mol.